The predicted molar refractivity (Wildman–Crippen MR) is 84.0 cm³/mol. The first-order valence-corrected chi connectivity index (χ1v) is 7.63. The van der Waals surface area contributed by atoms with Gasteiger partial charge in [0, 0.05) is 29.0 Å². The highest BCUT2D eigenvalue weighted by Gasteiger charge is 2.29. The predicted octanol–water partition coefficient (Wildman–Crippen LogP) is 3.89. The molecule has 1 unspecified atom stereocenters. The van der Waals surface area contributed by atoms with Crippen LogP contribution in [-0.2, 0) is 4.79 Å². The van der Waals surface area contributed by atoms with Gasteiger partial charge in [0.05, 0.1) is 18.6 Å². The number of carbonyl (C=O) groups is 1. The monoisotopic (exact) mass is 323 g/mol. The van der Waals surface area contributed by atoms with Crippen molar-refractivity contribution in [2.45, 2.75) is 12.3 Å². The van der Waals surface area contributed by atoms with Crippen molar-refractivity contribution in [2.75, 3.05) is 19.5 Å². The lowest BCUT2D eigenvalue weighted by molar-refractivity contribution is -0.116. The van der Waals surface area contributed by atoms with Gasteiger partial charge in [-0.05, 0) is 23.8 Å². The van der Waals surface area contributed by atoms with E-state index in [9.17, 15) is 4.79 Å². The summed E-state index contributed by atoms with van der Waals surface area (Å²) in [6.07, 6.45) is 0.402. The second kappa shape index (κ2) is 5.58. The molecule has 2 aromatic rings. The molecule has 1 aliphatic heterocycles. The summed E-state index contributed by atoms with van der Waals surface area (Å²) in [5.41, 5.74) is 1.78. The van der Waals surface area contributed by atoms with Gasteiger partial charge in [0.2, 0.25) is 5.91 Å². The van der Waals surface area contributed by atoms with Crippen LogP contribution in [0.1, 0.15) is 22.8 Å². The van der Waals surface area contributed by atoms with Crippen LogP contribution in [0.15, 0.2) is 24.3 Å². The summed E-state index contributed by atoms with van der Waals surface area (Å²) < 4.78 is 11.4. The van der Waals surface area contributed by atoms with Gasteiger partial charge in [-0.15, -0.1) is 11.3 Å². The standard InChI is InChI=1S/C15H14ClNO3S/c1-19-11-5-8-9(13-3-4-14(16)21-13)6-15(18)17-10(8)7-12(11)20-2/h3-5,7,9H,6H2,1-2H3,(H,17,18). The van der Waals surface area contributed by atoms with Gasteiger partial charge in [-0.1, -0.05) is 11.6 Å². The molecular weight excluding hydrogens is 310 g/mol. The fourth-order valence-corrected chi connectivity index (χ4v) is 3.74. The third-order valence-electron chi connectivity index (χ3n) is 3.53. The van der Waals surface area contributed by atoms with Crippen LogP contribution in [0.3, 0.4) is 0 Å². The molecule has 0 radical (unpaired) electrons. The van der Waals surface area contributed by atoms with Crippen molar-refractivity contribution < 1.29 is 14.3 Å². The number of halogens is 1. The van der Waals surface area contributed by atoms with Gasteiger partial charge < -0.3 is 14.8 Å². The lowest BCUT2D eigenvalue weighted by Gasteiger charge is -2.26. The molecule has 1 N–H and O–H groups in total. The van der Waals surface area contributed by atoms with Gasteiger partial charge in [-0.3, -0.25) is 4.79 Å². The number of ether oxygens (including phenoxy) is 2. The van der Waals surface area contributed by atoms with Crippen LogP contribution in [-0.4, -0.2) is 20.1 Å². The van der Waals surface area contributed by atoms with Gasteiger partial charge in [0.15, 0.2) is 11.5 Å². The van der Waals surface area contributed by atoms with E-state index in [1.807, 2.05) is 18.2 Å². The number of anilines is 1. The fourth-order valence-electron chi connectivity index (χ4n) is 2.56. The van der Waals surface area contributed by atoms with Crippen LogP contribution in [0.25, 0.3) is 0 Å². The maximum Gasteiger partial charge on any atom is 0.225 e. The Morgan fingerprint density at radius 3 is 2.57 bits per heavy atom. The summed E-state index contributed by atoms with van der Waals surface area (Å²) in [5, 5.41) is 2.89. The highest BCUT2D eigenvalue weighted by Crippen LogP contribution is 2.44. The molecule has 1 aliphatic rings. The number of hydrogen-bond acceptors (Lipinski definition) is 4. The van der Waals surface area contributed by atoms with Crippen molar-refractivity contribution in [3.8, 4) is 11.5 Å². The van der Waals surface area contributed by atoms with Gasteiger partial charge in [0.1, 0.15) is 0 Å². The normalized spacial score (nSPS) is 17.1. The Hall–Kier alpha value is -1.72. The maximum atomic E-state index is 12.0. The van der Waals surface area contributed by atoms with Gasteiger partial charge in [0.25, 0.3) is 0 Å². The Balaban J connectivity index is 2.12. The third kappa shape index (κ3) is 2.59. The lowest BCUT2D eigenvalue weighted by atomic mass is 9.89. The zero-order chi connectivity index (χ0) is 15.0. The average molecular weight is 324 g/mol. The minimum absolute atomic E-state index is 0.00828. The van der Waals surface area contributed by atoms with Crippen molar-refractivity contribution in [3.63, 3.8) is 0 Å². The summed E-state index contributed by atoms with van der Waals surface area (Å²) >= 11 is 7.52. The number of benzene rings is 1. The number of carbonyl (C=O) groups excluding carboxylic acids is 1. The van der Waals surface area contributed by atoms with Crippen molar-refractivity contribution >= 4 is 34.5 Å². The molecule has 0 aliphatic carbocycles. The van der Waals surface area contributed by atoms with Crippen LogP contribution < -0.4 is 14.8 Å². The molecule has 2 heterocycles. The molecule has 0 saturated carbocycles. The molecule has 1 aromatic carbocycles. The Labute approximate surface area is 131 Å². The highest BCUT2D eigenvalue weighted by molar-refractivity contribution is 7.16. The molecule has 21 heavy (non-hydrogen) atoms. The van der Waals surface area contributed by atoms with Gasteiger partial charge in [-0.25, -0.2) is 0 Å². The fraction of sp³-hybridized carbons (Fsp3) is 0.267. The Morgan fingerprint density at radius 1 is 1.24 bits per heavy atom. The van der Waals surface area contributed by atoms with E-state index in [0.717, 1.165) is 20.5 Å². The zero-order valence-electron chi connectivity index (χ0n) is 11.6. The number of amides is 1. The van der Waals surface area contributed by atoms with E-state index in [2.05, 4.69) is 5.32 Å². The number of rotatable bonds is 3. The molecular formula is C15H14ClNO3S. The molecule has 4 nitrogen and oxygen atoms in total. The number of hydrogen-bond donors (Lipinski definition) is 1. The SMILES string of the molecule is COc1cc2c(cc1OC)C(c1ccc(Cl)s1)CC(=O)N2. The minimum Gasteiger partial charge on any atom is -0.493 e. The van der Waals surface area contributed by atoms with Crippen molar-refractivity contribution in [3.05, 3.63) is 39.0 Å². The molecule has 0 spiro atoms. The van der Waals surface area contributed by atoms with Gasteiger partial charge >= 0.3 is 0 Å². The number of thiophene rings is 1. The molecule has 1 atom stereocenters. The van der Waals surface area contributed by atoms with Crippen LogP contribution in [0.4, 0.5) is 5.69 Å². The van der Waals surface area contributed by atoms with E-state index >= 15 is 0 Å². The first-order valence-electron chi connectivity index (χ1n) is 6.43. The molecule has 1 amide bonds. The number of nitrogens with one attached hydrogen (secondary N) is 1. The average Bonchev–Trinajstić information content (AvgIpc) is 2.91. The lowest BCUT2D eigenvalue weighted by Crippen LogP contribution is -2.23. The van der Waals surface area contributed by atoms with Crippen LogP contribution in [0.5, 0.6) is 11.5 Å². The molecule has 3 rings (SSSR count). The van der Waals surface area contributed by atoms with Crippen LogP contribution >= 0.6 is 22.9 Å². The summed E-state index contributed by atoms with van der Waals surface area (Å²) in [5.74, 6) is 1.23. The van der Waals surface area contributed by atoms with Gasteiger partial charge in [-0.2, -0.15) is 0 Å². The first kappa shape index (κ1) is 14.2. The molecule has 0 bridgehead atoms. The van der Waals surface area contributed by atoms with E-state index < -0.39 is 0 Å². The third-order valence-corrected chi connectivity index (χ3v) is 4.88. The molecule has 0 saturated heterocycles. The Bertz CT molecular complexity index is 698. The van der Waals surface area contributed by atoms with Crippen molar-refractivity contribution in [2.24, 2.45) is 0 Å². The van der Waals surface area contributed by atoms with E-state index in [1.54, 1.807) is 20.3 Å². The molecule has 6 heteroatoms. The maximum absolute atomic E-state index is 12.0. The van der Waals surface area contributed by atoms with E-state index in [1.165, 1.54) is 11.3 Å². The molecule has 0 fully saturated rings. The Kier molecular flexibility index (Phi) is 3.78. The second-order valence-electron chi connectivity index (χ2n) is 4.74. The summed E-state index contributed by atoms with van der Waals surface area (Å²) in [6.45, 7) is 0. The smallest absolute Gasteiger partial charge is 0.225 e. The molecule has 110 valence electrons. The second-order valence-corrected chi connectivity index (χ2v) is 6.49. The largest absolute Gasteiger partial charge is 0.493 e. The zero-order valence-corrected chi connectivity index (χ0v) is 13.2. The highest BCUT2D eigenvalue weighted by atomic mass is 35.5. The van der Waals surface area contributed by atoms with E-state index in [4.69, 9.17) is 21.1 Å². The first-order chi connectivity index (χ1) is 10.1. The quantitative estimate of drug-likeness (QED) is 0.932. The molecule has 1 aromatic heterocycles. The Morgan fingerprint density at radius 2 is 1.95 bits per heavy atom. The van der Waals surface area contributed by atoms with Crippen molar-refractivity contribution in [1.82, 2.24) is 0 Å². The van der Waals surface area contributed by atoms with E-state index in [-0.39, 0.29) is 11.8 Å². The van der Waals surface area contributed by atoms with Crippen molar-refractivity contribution in [1.29, 1.82) is 0 Å². The van der Waals surface area contributed by atoms with Crippen LogP contribution in [0.2, 0.25) is 4.34 Å². The number of methoxy groups -OCH3 is 2. The van der Waals surface area contributed by atoms with Crippen LogP contribution in [0, 0.1) is 0 Å². The summed E-state index contributed by atoms with van der Waals surface area (Å²) in [6, 6.07) is 7.55. The van der Waals surface area contributed by atoms with E-state index in [0.29, 0.717) is 17.9 Å². The minimum atomic E-state index is -0.00996. The summed E-state index contributed by atoms with van der Waals surface area (Å²) in [7, 11) is 3.17. The summed E-state index contributed by atoms with van der Waals surface area (Å²) in [4.78, 5) is 13.0. The topological polar surface area (TPSA) is 47.6 Å². The number of fused-ring (bicyclic) bond motifs is 1.